The van der Waals surface area contributed by atoms with E-state index in [9.17, 15) is 0 Å². The molecule has 166 valence electrons. The van der Waals surface area contributed by atoms with Crippen LogP contribution in [0.1, 0.15) is 0 Å². The minimum absolute atomic E-state index is 0.678. The lowest BCUT2D eigenvalue weighted by Gasteiger charge is -2.09. The van der Waals surface area contributed by atoms with Gasteiger partial charge in [-0.15, -0.1) is 0 Å². The molecule has 0 unspecified atom stereocenters. The molecule has 0 aliphatic heterocycles. The van der Waals surface area contributed by atoms with Crippen molar-refractivity contribution < 1.29 is 9.47 Å². The van der Waals surface area contributed by atoms with Crippen LogP contribution < -0.4 is 20.9 Å². The van der Waals surface area contributed by atoms with E-state index in [4.69, 9.17) is 20.9 Å². The van der Waals surface area contributed by atoms with Crippen molar-refractivity contribution in [3.63, 3.8) is 0 Å². The van der Waals surface area contributed by atoms with Gasteiger partial charge in [0.1, 0.15) is 23.0 Å². The van der Waals surface area contributed by atoms with Crippen LogP contribution in [0.25, 0.3) is 22.3 Å². The first-order valence-corrected chi connectivity index (χ1v) is 11.0. The zero-order chi connectivity index (χ0) is 23.3. The molecule has 0 heterocycles. The molecule has 0 fully saturated rings. The van der Waals surface area contributed by atoms with Gasteiger partial charge in [0.15, 0.2) is 0 Å². The van der Waals surface area contributed by atoms with Crippen LogP contribution in [-0.2, 0) is 0 Å². The molecule has 0 radical (unpaired) electrons. The fraction of sp³-hybridized carbons (Fsp3) is 0. The summed E-state index contributed by atoms with van der Waals surface area (Å²) in [5, 5.41) is 0. The Bertz CT molecular complexity index is 1280. The largest absolute Gasteiger partial charge is 0.457 e. The Morgan fingerprint density at radius 3 is 1.00 bits per heavy atom. The summed E-state index contributed by atoms with van der Waals surface area (Å²) in [5.41, 5.74) is 17.5. The lowest BCUT2D eigenvalue weighted by atomic mass is 10.0. The van der Waals surface area contributed by atoms with Gasteiger partial charge in [-0.2, -0.15) is 0 Å². The van der Waals surface area contributed by atoms with E-state index in [1.54, 1.807) is 0 Å². The monoisotopic (exact) mass is 444 g/mol. The maximum atomic E-state index is 5.88. The van der Waals surface area contributed by atoms with Crippen molar-refractivity contribution in [2.75, 3.05) is 11.5 Å². The van der Waals surface area contributed by atoms with Crippen LogP contribution in [0.4, 0.5) is 11.4 Å². The molecule has 0 aliphatic rings. The Morgan fingerprint density at radius 2 is 0.676 bits per heavy atom. The maximum Gasteiger partial charge on any atom is 0.129 e. The van der Waals surface area contributed by atoms with Gasteiger partial charge in [0.05, 0.1) is 0 Å². The molecule has 0 spiro atoms. The van der Waals surface area contributed by atoms with E-state index in [2.05, 4.69) is 48.5 Å². The van der Waals surface area contributed by atoms with Gasteiger partial charge in [0, 0.05) is 23.5 Å². The summed E-state index contributed by atoms with van der Waals surface area (Å²) in [6.45, 7) is 0. The molecular formula is C30H24N2O2. The molecule has 0 saturated carbocycles. The van der Waals surface area contributed by atoms with Crippen molar-refractivity contribution in [1.82, 2.24) is 0 Å². The zero-order valence-electron chi connectivity index (χ0n) is 18.5. The molecule has 5 aromatic carbocycles. The number of hydrogen-bond donors (Lipinski definition) is 2. The Morgan fingerprint density at radius 1 is 0.353 bits per heavy atom. The number of benzene rings is 5. The second-order valence-electron chi connectivity index (χ2n) is 7.98. The van der Waals surface area contributed by atoms with Gasteiger partial charge >= 0.3 is 0 Å². The number of rotatable bonds is 6. The fourth-order valence-electron chi connectivity index (χ4n) is 3.71. The first kappa shape index (κ1) is 21.2. The third-order valence-corrected chi connectivity index (χ3v) is 5.45. The Hall–Kier alpha value is -4.70. The third kappa shape index (κ3) is 5.03. The normalized spacial score (nSPS) is 10.6. The fourth-order valence-corrected chi connectivity index (χ4v) is 3.71. The molecule has 0 aromatic heterocycles. The van der Waals surface area contributed by atoms with Crippen LogP contribution in [0.2, 0.25) is 0 Å². The number of ether oxygens (including phenoxy) is 2. The molecule has 4 N–H and O–H groups in total. The van der Waals surface area contributed by atoms with Crippen molar-refractivity contribution in [2.45, 2.75) is 0 Å². The summed E-state index contributed by atoms with van der Waals surface area (Å²) >= 11 is 0. The minimum atomic E-state index is 0.678. The molecule has 0 atom stereocenters. The van der Waals surface area contributed by atoms with E-state index in [1.165, 1.54) is 0 Å². The average molecular weight is 445 g/mol. The number of anilines is 2. The SMILES string of the molecule is Nc1cccc(Oc2ccc(-c3ccc(-c4ccc(Oc5cccc(N)c5)cc4)cc3)cc2)c1. The number of hydrogen-bond acceptors (Lipinski definition) is 4. The van der Waals surface area contributed by atoms with E-state index in [-0.39, 0.29) is 0 Å². The van der Waals surface area contributed by atoms with E-state index in [1.807, 2.05) is 72.8 Å². The molecule has 34 heavy (non-hydrogen) atoms. The van der Waals surface area contributed by atoms with E-state index < -0.39 is 0 Å². The Kier molecular flexibility index (Phi) is 5.87. The molecular weight excluding hydrogens is 420 g/mol. The Balaban J connectivity index is 1.26. The van der Waals surface area contributed by atoms with Gasteiger partial charge in [0.25, 0.3) is 0 Å². The van der Waals surface area contributed by atoms with Crippen molar-refractivity contribution in [3.8, 4) is 45.3 Å². The molecule has 0 bridgehead atoms. The summed E-state index contributed by atoms with van der Waals surface area (Å²) in [4.78, 5) is 0. The molecule has 4 nitrogen and oxygen atoms in total. The number of nitrogen functional groups attached to an aromatic ring is 2. The summed E-state index contributed by atoms with van der Waals surface area (Å²) in [5.74, 6) is 2.99. The molecule has 5 rings (SSSR count). The van der Waals surface area contributed by atoms with Crippen molar-refractivity contribution >= 4 is 11.4 Å². The summed E-state index contributed by atoms with van der Waals surface area (Å²) in [7, 11) is 0. The molecule has 0 saturated heterocycles. The van der Waals surface area contributed by atoms with Gasteiger partial charge in [-0.05, 0) is 70.8 Å². The first-order valence-electron chi connectivity index (χ1n) is 11.0. The standard InChI is InChI=1S/C30H24N2O2/c31-25-3-1-5-29(19-25)33-27-15-11-23(12-16-27)21-7-9-22(10-8-21)24-13-17-28(18-14-24)34-30-6-2-4-26(32)20-30/h1-20H,31-32H2. The first-order chi connectivity index (χ1) is 16.6. The highest BCUT2D eigenvalue weighted by Gasteiger charge is 2.04. The molecule has 0 aliphatic carbocycles. The van der Waals surface area contributed by atoms with Crippen molar-refractivity contribution in [2.24, 2.45) is 0 Å². The van der Waals surface area contributed by atoms with Crippen LogP contribution in [0.5, 0.6) is 23.0 Å². The molecule has 5 aromatic rings. The van der Waals surface area contributed by atoms with Gasteiger partial charge < -0.3 is 20.9 Å². The highest BCUT2D eigenvalue weighted by Crippen LogP contribution is 2.30. The van der Waals surface area contributed by atoms with Gasteiger partial charge in [0.2, 0.25) is 0 Å². The molecule has 0 amide bonds. The third-order valence-electron chi connectivity index (χ3n) is 5.45. The van der Waals surface area contributed by atoms with Crippen LogP contribution in [-0.4, -0.2) is 0 Å². The topological polar surface area (TPSA) is 70.5 Å². The van der Waals surface area contributed by atoms with Crippen molar-refractivity contribution in [3.05, 3.63) is 121 Å². The number of nitrogens with two attached hydrogens (primary N) is 2. The lowest BCUT2D eigenvalue weighted by Crippen LogP contribution is -1.88. The van der Waals surface area contributed by atoms with Gasteiger partial charge in [-0.3, -0.25) is 0 Å². The smallest absolute Gasteiger partial charge is 0.129 e. The van der Waals surface area contributed by atoms with Gasteiger partial charge in [-0.1, -0.05) is 60.7 Å². The van der Waals surface area contributed by atoms with Gasteiger partial charge in [-0.25, -0.2) is 0 Å². The second kappa shape index (κ2) is 9.43. The van der Waals surface area contributed by atoms with Crippen LogP contribution >= 0.6 is 0 Å². The second-order valence-corrected chi connectivity index (χ2v) is 7.98. The quantitative estimate of drug-likeness (QED) is 0.262. The van der Waals surface area contributed by atoms with Crippen LogP contribution in [0, 0.1) is 0 Å². The van der Waals surface area contributed by atoms with Crippen molar-refractivity contribution in [1.29, 1.82) is 0 Å². The highest BCUT2D eigenvalue weighted by atomic mass is 16.5. The Labute approximate surface area is 199 Å². The van der Waals surface area contributed by atoms with Crippen LogP contribution in [0.3, 0.4) is 0 Å². The molecule has 4 heteroatoms. The summed E-state index contributed by atoms with van der Waals surface area (Å²) in [6, 6.07) is 39.4. The summed E-state index contributed by atoms with van der Waals surface area (Å²) in [6.07, 6.45) is 0. The summed E-state index contributed by atoms with van der Waals surface area (Å²) < 4.78 is 11.8. The van der Waals surface area contributed by atoms with E-state index in [0.29, 0.717) is 11.4 Å². The maximum absolute atomic E-state index is 5.88. The van der Waals surface area contributed by atoms with E-state index in [0.717, 1.165) is 45.3 Å². The van der Waals surface area contributed by atoms with Crippen LogP contribution in [0.15, 0.2) is 121 Å². The zero-order valence-corrected chi connectivity index (χ0v) is 18.5. The minimum Gasteiger partial charge on any atom is -0.457 e. The lowest BCUT2D eigenvalue weighted by molar-refractivity contribution is 0.483. The highest BCUT2D eigenvalue weighted by molar-refractivity contribution is 5.71. The average Bonchev–Trinajstić information content (AvgIpc) is 2.85. The predicted molar refractivity (Wildman–Crippen MR) is 139 cm³/mol. The van der Waals surface area contributed by atoms with E-state index >= 15 is 0 Å². The predicted octanol–water partition coefficient (Wildman–Crippen LogP) is 7.77.